The molecular weight excluding hydrogens is 412 g/mol. The summed E-state index contributed by atoms with van der Waals surface area (Å²) in [5, 5.41) is 0. The van der Waals surface area contributed by atoms with Crippen LogP contribution in [0.4, 0.5) is 0 Å². The first kappa shape index (κ1) is 24.5. The molecule has 0 atom stereocenters. The fourth-order valence-electron chi connectivity index (χ4n) is 3.38. The third kappa shape index (κ3) is 6.60. The minimum atomic E-state index is -1.54. The van der Waals surface area contributed by atoms with Crippen molar-refractivity contribution in [3.05, 3.63) is 0 Å². The van der Waals surface area contributed by atoms with Crippen LogP contribution in [0.1, 0.15) is 72.6 Å². The van der Waals surface area contributed by atoms with E-state index in [1.807, 2.05) is 0 Å². The van der Waals surface area contributed by atoms with Gasteiger partial charge < -0.3 is 18.9 Å². The summed E-state index contributed by atoms with van der Waals surface area (Å²) < 4.78 is 19.7. The van der Waals surface area contributed by atoms with Crippen molar-refractivity contribution in [1.82, 2.24) is 0 Å². The average molecular weight is 440 g/mol. The van der Waals surface area contributed by atoms with E-state index in [9.17, 15) is 28.8 Å². The monoisotopic (exact) mass is 440 g/mol. The fraction of sp³-hybridized carbons (Fsp3) is 0.714. The van der Waals surface area contributed by atoms with Gasteiger partial charge in [-0.3, -0.25) is 28.8 Å². The summed E-state index contributed by atoms with van der Waals surface area (Å²) >= 11 is 0. The van der Waals surface area contributed by atoms with Crippen LogP contribution in [0.5, 0.6) is 0 Å². The number of unbranched alkanes of at least 4 members (excludes halogenated alkanes) is 4. The van der Waals surface area contributed by atoms with E-state index in [2.05, 4.69) is 0 Å². The molecule has 2 rings (SSSR count). The lowest BCUT2D eigenvalue weighted by molar-refractivity contribution is -0.240. The Labute approximate surface area is 179 Å². The SMILES string of the molecule is CC1(C)OC(=O)C(C(=O)CCCCCCCC(=O)C2C(=O)OC(C)(C)OC2=O)C(=O)O1. The lowest BCUT2D eigenvalue weighted by atomic mass is 9.96. The molecule has 2 heterocycles. The van der Waals surface area contributed by atoms with E-state index in [0.29, 0.717) is 32.1 Å². The number of Topliss-reactive ketones (excluding diaryl/α,β-unsaturated/α-hetero) is 2. The summed E-state index contributed by atoms with van der Waals surface area (Å²) in [5.74, 6) is -10.5. The lowest BCUT2D eigenvalue weighted by Gasteiger charge is -2.32. The molecule has 10 heteroatoms. The zero-order valence-electron chi connectivity index (χ0n) is 18.2. The van der Waals surface area contributed by atoms with E-state index in [-0.39, 0.29) is 12.8 Å². The number of rotatable bonds is 10. The average Bonchev–Trinajstić information content (AvgIpc) is 2.57. The molecule has 0 spiro atoms. The van der Waals surface area contributed by atoms with Crippen LogP contribution >= 0.6 is 0 Å². The van der Waals surface area contributed by atoms with Gasteiger partial charge in [0.05, 0.1) is 0 Å². The Morgan fingerprint density at radius 2 is 0.839 bits per heavy atom. The van der Waals surface area contributed by atoms with Crippen LogP contribution in [-0.2, 0) is 47.7 Å². The minimum Gasteiger partial charge on any atom is -0.422 e. The molecule has 0 unspecified atom stereocenters. The minimum absolute atomic E-state index is 0.0315. The number of hydrogen-bond acceptors (Lipinski definition) is 10. The van der Waals surface area contributed by atoms with Gasteiger partial charge in [-0.25, -0.2) is 0 Å². The molecule has 0 N–H and O–H groups in total. The van der Waals surface area contributed by atoms with Crippen molar-refractivity contribution in [2.75, 3.05) is 0 Å². The Morgan fingerprint density at radius 1 is 0.581 bits per heavy atom. The summed E-state index contributed by atoms with van der Waals surface area (Å²) in [6, 6.07) is 0. The van der Waals surface area contributed by atoms with Crippen LogP contribution in [0.15, 0.2) is 0 Å². The zero-order valence-corrected chi connectivity index (χ0v) is 18.2. The van der Waals surface area contributed by atoms with Gasteiger partial charge in [0, 0.05) is 40.5 Å². The standard InChI is InChI=1S/C21H28O10/c1-20(2)28-16(24)14(17(25)29-20)12(22)10-8-6-5-7-9-11-13(23)15-18(26)30-21(3,4)31-19(15)27/h14-15H,5-11H2,1-4H3. The normalized spacial score (nSPS) is 21.0. The van der Waals surface area contributed by atoms with Gasteiger partial charge in [0.15, 0.2) is 11.6 Å². The Balaban J connectivity index is 1.63. The lowest BCUT2D eigenvalue weighted by Crippen LogP contribution is -2.49. The Hall–Kier alpha value is -2.78. The van der Waals surface area contributed by atoms with E-state index in [1.54, 1.807) is 0 Å². The Bertz CT molecular complexity index is 675. The number of carbonyl (C=O) groups excluding carboxylic acids is 6. The second-order valence-corrected chi connectivity index (χ2v) is 8.55. The molecule has 0 bridgehead atoms. The van der Waals surface area contributed by atoms with Crippen molar-refractivity contribution < 1.29 is 47.7 Å². The smallest absolute Gasteiger partial charge is 0.331 e. The van der Waals surface area contributed by atoms with Crippen LogP contribution in [-0.4, -0.2) is 47.0 Å². The molecule has 172 valence electrons. The molecule has 2 fully saturated rings. The number of carbonyl (C=O) groups is 6. The zero-order chi connectivity index (χ0) is 23.4. The molecule has 31 heavy (non-hydrogen) atoms. The van der Waals surface area contributed by atoms with Gasteiger partial charge in [0.1, 0.15) is 0 Å². The van der Waals surface area contributed by atoms with Crippen molar-refractivity contribution >= 4 is 35.4 Å². The number of hydrogen-bond donors (Lipinski definition) is 0. The van der Waals surface area contributed by atoms with Gasteiger partial charge in [-0.2, -0.15) is 0 Å². The highest BCUT2D eigenvalue weighted by Crippen LogP contribution is 2.26. The quantitative estimate of drug-likeness (QED) is 0.280. The van der Waals surface area contributed by atoms with Crippen LogP contribution in [0, 0.1) is 11.8 Å². The highest BCUT2D eigenvalue weighted by molar-refractivity contribution is 6.16. The second-order valence-electron chi connectivity index (χ2n) is 8.55. The third-order valence-corrected chi connectivity index (χ3v) is 4.82. The van der Waals surface area contributed by atoms with Gasteiger partial charge in [0.2, 0.25) is 11.8 Å². The molecule has 2 saturated heterocycles. The molecule has 0 radical (unpaired) electrons. The number of ether oxygens (including phenoxy) is 4. The Kier molecular flexibility index (Phi) is 7.56. The van der Waals surface area contributed by atoms with Crippen molar-refractivity contribution in [2.24, 2.45) is 11.8 Å². The molecule has 0 amide bonds. The third-order valence-electron chi connectivity index (χ3n) is 4.82. The number of cyclic esters (lactones) is 4. The fourth-order valence-corrected chi connectivity index (χ4v) is 3.38. The highest BCUT2D eigenvalue weighted by Gasteiger charge is 2.47. The van der Waals surface area contributed by atoms with Gasteiger partial charge >= 0.3 is 23.9 Å². The molecule has 0 aromatic carbocycles. The van der Waals surface area contributed by atoms with E-state index >= 15 is 0 Å². The van der Waals surface area contributed by atoms with E-state index in [0.717, 1.165) is 0 Å². The second kappa shape index (κ2) is 9.57. The molecule has 0 aromatic rings. The van der Waals surface area contributed by atoms with Crippen molar-refractivity contribution in [2.45, 2.75) is 84.2 Å². The summed E-state index contributed by atoms with van der Waals surface area (Å²) in [4.78, 5) is 71.8. The van der Waals surface area contributed by atoms with Gasteiger partial charge in [0.25, 0.3) is 11.6 Å². The van der Waals surface area contributed by atoms with Crippen LogP contribution < -0.4 is 0 Å². The molecular formula is C21H28O10. The highest BCUT2D eigenvalue weighted by atomic mass is 16.8. The predicted octanol–water partition coefficient (Wildman–Crippen LogP) is 1.76. The first-order valence-corrected chi connectivity index (χ1v) is 10.3. The largest absolute Gasteiger partial charge is 0.422 e. The van der Waals surface area contributed by atoms with Crippen molar-refractivity contribution in [3.8, 4) is 0 Å². The molecule has 10 nitrogen and oxygen atoms in total. The first-order chi connectivity index (χ1) is 14.3. The van der Waals surface area contributed by atoms with Crippen LogP contribution in [0.3, 0.4) is 0 Å². The van der Waals surface area contributed by atoms with Crippen molar-refractivity contribution in [1.29, 1.82) is 0 Å². The van der Waals surface area contributed by atoms with E-state index < -0.39 is 58.9 Å². The molecule has 0 saturated carbocycles. The topological polar surface area (TPSA) is 139 Å². The van der Waals surface area contributed by atoms with Crippen molar-refractivity contribution in [3.63, 3.8) is 0 Å². The van der Waals surface area contributed by atoms with E-state index in [4.69, 9.17) is 18.9 Å². The first-order valence-electron chi connectivity index (χ1n) is 10.3. The van der Waals surface area contributed by atoms with Crippen LogP contribution in [0.2, 0.25) is 0 Å². The molecule has 0 aliphatic carbocycles. The molecule has 2 aliphatic rings. The number of esters is 4. The maximum atomic E-state index is 12.2. The summed E-state index contributed by atoms with van der Waals surface area (Å²) in [7, 11) is 0. The maximum Gasteiger partial charge on any atom is 0.331 e. The summed E-state index contributed by atoms with van der Waals surface area (Å²) in [5.41, 5.74) is 0. The summed E-state index contributed by atoms with van der Waals surface area (Å²) in [6.45, 7) is 5.65. The Morgan fingerprint density at radius 3 is 1.13 bits per heavy atom. The predicted molar refractivity (Wildman–Crippen MR) is 102 cm³/mol. The summed E-state index contributed by atoms with van der Waals surface area (Å²) in [6.07, 6.45) is 2.97. The van der Waals surface area contributed by atoms with Gasteiger partial charge in [-0.05, 0) is 12.8 Å². The van der Waals surface area contributed by atoms with E-state index in [1.165, 1.54) is 27.7 Å². The number of ketones is 2. The van der Waals surface area contributed by atoms with Gasteiger partial charge in [-0.1, -0.05) is 19.3 Å². The molecule has 2 aliphatic heterocycles. The molecule has 0 aromatic heterocycles. The van der Waals surface area contributed by atoms with Gasteiger partial charge in [-0.15, -0.1) is 0 Å². The maximum absolute atomic E-state index is 12.2. The van der Waals surface area contributed by atoms with Crippen LogP contribution in [0.25, 0.3) is 0 Å².